The predicted molar refractivity (Wildman–Crippen MR) is 95.2 cm³/mol. The third-order valence-corrected chi connectivity index (χ3v) is 4.52. The van der Waals surface area contributed by atoms with E-state index in [-0.39, 0.29) is 18.1 Å². The minimum Gasteiger partial charge on any atom is -0.490 e. The van der Waals surface area contributed by atoms with E-state index in [1.54, 1.807) is 16.8 Å². The largest absolute Gasteiger partial charge is 0.490 e. The van der Waals surface area contributed by atoms with Gasteiger partial charge in [0.25, 0.3) is 5.91 Å². The number of aryl methyl sites for hydroxylation is 1. The molecule has 0 radical (unpaired) electrons. The van der Waals surface area contributed by atoms with E-state index in [9.17, 15) is 4.79 Å². The molecule has 2 atom stereocenters. The second-order valence-electron chi connectivity index (χ2n) is 6.16. The summed E-state index contributed by atoms with van der Waals surface area (Å²) < 4.78 is 13.1. The van der Waals surface area contributed by atoms with E-state index in [4.69, 9.17) is 21.1 Å². The topological polar surface area (TPSA) is 65.4 Å². The number of hydrogen-bond donors (Lipinski definition) is 1. The zero-order chi connectivity index (χ0) is 18.0. The highest BCUT2D eigenvalue weighted by Gasteiger charge is 2.31. The van der Waals surface area contributed by atoms with Gasteiger partial charge in [-0.25, -0.2) is 0 Å². The number of rotatable bonds is 5. The first kappa shape index (κ1) is 17.8. The molecule has 7 heteroatoms. The van der Waals surface area contributed by atoms with Crippen molar-refractivity contribution >= 4 is 17.5 Å². The molecule has 1 aliphatic heterocycles. The Labute approximate surface area is 152 Å². The van der Waals surface area contributed by atoms with Crippen molar-refractivity contribution in [3.63, 3.8) is 0 Å². The van der Waals surface area contributed by atoms with Gasteiger partial charge in [0, 0.05) is 19.0 Å². The van der Waals surface area contributed by atoms with Crippen LogP contribution in [0.2, 0.25) is 5.02 Å². The molecule has 134 valence electrons. The monoisotopic (exact) mass is 363 g/mol. The number of nitrogens with one attached hydrogen (secondary N) is 1. The first-order valence-electron chi connectivity index (χ1n) is 8.34. The molecule has 1 aliphatic rings. The molecule has 6 nitrogen and oxygen atoms in total. The number of hydrogen-bond acceptors (Lipinski definition) is 4. The van der Waals surface area contributed by atoms with Crippen molar-refractivity contribution in [1.82, 2.24) is 15.1 Å². The molecule has 0 spiro atoms. The lowest BCUT2D eigenvalue weighted by atomic mass is 9.99. The SMILES string of the molecule is C[C@@H]1Cc2c(C(=O)NCCOc3ccccc3Cl)nn(C)c2[C@H](C)O1. The van der Waals surface area contributed by atoms with Crippen LogP contribution in [-0.2, 0) is 18.2 Å². The zero-order valence-corrected chi connectivity index (χ0v) is 15.3. The molecule has 0 saturated heterocycles. The average Bonchev–Trinajstić information content (AvgIpc) is 2.89. The number of nitrogens with zero attached hydrogens (tertiary/aromatic N) is 2. The summed E-state index contributed by atoms with van der Waals surface area (Å²) in [6.45, 7) is 4.69. The fourth-order valence-corrected chi connectivity index (χ4v) is 3.38. The fourth-order valence-electron chi connectivity index (χ4n) is 3.19. The van der Waals surface area contributed by atoms with Crippen LogP contribution in [0.25, 0.3) is 0 Å². The molecular formula is C18H22ClN3O3. The molecule has 3 rings (SSSR count). The van der Waals surface area contributed by atoms with Gasteiger partial charge in [-0.2, -0.15) is 5.10 Å². The van der Waals surface area contributed by atoms with Gasteiger partial charge in [-0.1, -0.05) is 23.7 Å². The molecule has 0 fully saturated rings. The molecule has 2 heterocycles. The van der Waals surface area contributed by atoms with E-state index in [2.05, 4.69) is 10.4 Å². The van der Waals surface area contributed by atoms with Crippen molar-refractivity contribution < 1.29 is 14.3 Å². The van der Waals surface area contributed by atoms with Crippen LogP contribution in [-0.4, -0.2) is 34.9 Å². The molecule has 1 aromatic carbocycles. The van der Waals surface area contributed by atoms with Crippen LogP contribution >= 0.6 is 11.6 Å². The Morgan fingerprint density at radius 2 is 2.20 bits per heavy atom. The number of halogens is 1. The molecule has 1 amide bonds. The highest BCUT2D eigenvalue weighted by Crippen LogP contribution is 2.31. The summed E-state index contributed by atoms with van der Waals surface area (Å²) in [6.07, 6.45) is 0.690. The molecule has 0 unspecified atom stereocenters. The highest BCUT2D eigenvalue weighted by atomic mass is 35.5. The molecule has 0 bridgehead atoms. The molecular weight excluding hydrogens is 342 g/mol. The average molecular weight is 364 g/mol. The summed E-state index contributed by atoms with van der Waals surface area (Å²) in [4.78, 5) is 12.5. The van der Waals surface area contributed by atoms with E-state index in [1.807, 2.05) is 33.0 Å². The first-order valence-corrected chi connectivity index (χ1v) is 8.72. The van der Waals surface area contributed by atoms with E-state index in [0.29, 0.717) is 36.0 Å². The number of ether oxygens (including phenoxy) is 2. The van der Waals surface area contributed by atoms with Gasteiger partial charge in [0.1, 0.15) is 12.4 Å². The molecule has 25 heavy (non-hydrogen) atoms. The van der Waals surface area contributed by atoms with Gasteiger partial charge in [-0.3, -0.25) is 9.48 Å². The number of amides is 1. The smallest absolute Gasteiger partial charge is 0.272 e. The lowest BCUT2D eigenvalue weighted by Crippen LogP contribution is -2.30. The first-order chi connectivity index (χ1) is 12.0. The van der Waals surface area contributed by atoms with Gasteiger partial charge in [0.05, 0.1) is 29.5 Å². The van der Waals surface area contributed by atoms with E-state index < -0.39 is 0 Å². The van der Waals surface area contributed by atoms with Gasteiger partial charge in [-0.15, -0.1) is 0 Å². The summed E-state index contributed by atoms with van der Waals surface area (Å²) in [6, 6.07) is 7.25. The molecule has 1 N–H and O–H groups in total. The standard InChI is InChI=1S/C18H22ClN3O3/c1-11-10-13-16(21-22(3)17(13)12(2)25-11)18(23)20-8-9-24-15-7-5-4-6-14(15)19/h4-7,11-12H,8-10H2,1-3H3,(H,20,23)/t11-,12+/m1/s1. The van der Waals surface area contributed by atoms with E-state index in [1.165, 1.54) is 0 Å². The number of aromatic nitrogens is 2. The maximum Gasteiger partial charge on any atom is 0.272 e. The molecule has 1 aromatic heterocycles. The summed E-state index contributed by atoms with van der Waals surface area (Å²) in [5.41, 5.74) is 2.41. The van der Waals surface area contributed by atoms with Crippen molar-refractivity contribution in [3.05, 3.63) is 46.2 Å². The Morgan fingerprint density at radius 3 is 2.96 bits per heavy atom. The number of para-hydroxylation sites is 1. The Bertz CT molecular complexity index is 775. The van der Waals surface area contributed by atoms with Crippen LogP contribution in [0.15, 0.2) is 24.3 Å². The Kier molecular flexibility index (Phi) is 5.30. The van der Waals surface area contributed by atoms with Crippen molar-refractivity contribution in [2.24, 2.45) is 7.05 Å². The normalized spacial score (nSPS) is 19.4. The fraction of sp³-hybridized carbons (Fsp3) is 0.444. The second kappa shape index (κ2) is 7.45. The van der Waals surface area contributed by atoms with E-state index in [0.717, 1.165) is 11.3 Å². The minimum absolute atomic E-state index is 0.0682. The quantitative estimate of drug-likeness (QED) is 0.829. The molecule has 0 aliphatic carbocycles. The van der Waals surface area contributed by atoms with Crippen molar-refractivity contribution in [2.45, 2.75) is 32.5 Å². The third kappa shape index (κ3) is 3.80. The van der Waals surface area contributed by atoms with Crippen LogP contribution in [0.3, 0.4) is 0 Å². The number of benzene rings is 1. The highest BCUT2D eigenvalue weighted by molar-refractivity contribution is 6.32. The van der Waals surface area contributed by atoms with Crippen LogP contribution in [0.1, 0.15) is 41.7 Å². The Morgan fingerprint density at radius 1 is 1.44 bits per heavy atom. The summed E-state index contributed by atoms with van der Waals surface area (Å²) in [7, 11) is 1.84. The lowest BCUT2D eigenvalue weighted by molar-refractivity contribution is -0.00903. The number of carbonyl (C=O) groups excluding carboxylic acids is 1. The summed E-state index contributed by atoms with van der Waals surface area (Å²) in [5, 5.41) is 7.80. The van der Waals surface area contributed by atoms with Gasteiger partial charge in [-0.05, 0) is 26.0 Å². The van der Waals surface area contributed by atoms with Gasteiger partial charge >= 0.3 is 0 Å². The minimum atomic E-state index is -0.194. The second-order valence-corrected chi connectivity index (χ2v) is 6.57. The van der Waals surface area contributed by atoms with Crippen LogP contribution in [0.4, 0.5) is 0 Å². The van der Waals surface area contributed by atoms with Crippen molar-refractivity contribution in [1.29, 1.82) is 0 Å². The number of fused-ring (bicyclic) bond motifs is 1. The predicted octanol–water partition coefficient (Wildman–Crippen LogP) is 2.90. The zero-order valence-electron chi connectivity index (χ0n) is 14.6. The van der Waals surface area contributed by atoms with Gasteiger partial charge in [0.2, 0.25) is 0 Å². The molecule has 0 saturated carbocycles. The van der Waals surface area contributed by atoms with Crippen molar-refractivity contribution in [2.75, 3.05) is 13.2 Å². The Balaban J connectivity index is 1.61. The molecule has 2 aromatic rings. The number of carbonyl (C=O) groups is 1. The van der Waals surface area contributed by atoms with Gasteiger partial charge in [0.15, 0.2) is 5.69 Å². The maximum absolute atomic E-state index is 12.5. The van der Waals surface area contributed by atoms with Crippen molar-refractivity contribution in [3.8, 4) is 5.75 Å². The van der Waals surface area contributed by atoms with E-state index >= 15 is 0 Å². The summed E-state index contributed by atoms with van der Waals surface area (Å²) in [5.74, 6) is 0.411. The lowest BCUT2D eigenvalue weighted by Gasteiger charge is -2.26. The van der Waals surface area contributed by atoms with Crippen LogP contribution in [0, 0.1) is 0 Å². The van der Waals surface area contributed by atoms with Gasteiger partial charge < -0.3 is 14.8 Å². The maximum atomic E-state index is 12.5. The third-order valence-electron chi connectivity index (χ3n) is 4.20. The van der Waals surface area contributed by atoms with Crippen LogP contribution < -0.4 is 10.1 Å². The Hall–Kier alpha value is -2.05. The van der Waals surface area contributed by atoms with Crippen LogP contribution in [0.5, 0.6) is 5.75 Å². The summed E-state index contributed by atoms with van der Waals surface area (Å²) >= 11 is 6.03.